The summed E-state index contributed by atoms with van der Waals surface area (Å²) in [6, 6.07) is 15.8. The van der Waals surface area contributed by atoms with Crippen LogP contribution in [0.1, 0.15) is 5.56 Å². The van der Waals surface area contributed by atoms with Crippen LogP contribution in [-0.4, -0.2) is 39.4 Å². The Morgan fingerprint density at radius 2 is 1.96 bits per heavy atom. The quantitative estimate of drug-likeness (QED) is 0.868. The van der Waals surface area contributed by atoms with Crippen molar-refractivity contribution in [1.29, 1.82) is 0 Å². The maximum absolute atomic E-state index is 12.6. The Kier molecular flexibility index (Phi) is 5.71. The fourth-order valence-electron chi connectivity index (χ4n) is 3.15. The van der Waals surface area contributed by atoms with Gasteiger partial charge in [0.2, 0.25) is 0 Å². The lowest BCUT2D eigenvalue weighted by Gasteiger charge is -2.35. The van der Waals surface area contributed by atoms with Crippen LogP contribution in [0.4, 0.5) is 14.5 Å². The summed E-state index contributed by atoms with van der Waals surface area (Å²) >= 11 is 0. The van der Waals surface area contributed by atoms with Crippen LogP contribution < -0.4 is 19.7 Å². The van der Waals surface area contributed by atoms with Crippen molar-refractivity contribution >= 4 is 5.69 Å². The number of piperazine rings is 1. The lowest BCUT2D eigenvalue weighted by molar-refractivity contribution is -0.0511. The summed E-state index contributed by atoms with van der Waals surface area (Å²) in [5.41, 5.74) is 2.13. The van der Waals surface area contributed by atoms with Crippen molar-refractivity contribution in [3.63, 3.8) is 0 Å². The molecule has 4 nitrogen and oxygen atoms in total. The Morgan fingerprint density at radius 3 is 2.68 bits per heavy atom. The third kappa shape index (κ3) is 4.60. The first-order valence-corrected chi connectivity index (χ1v) is 8.31. The minimum Gasteiger partial charge on any atom is -0.493 e. The van der Waals surface area contributed by atoms with E-state index < -0.39 is 6.61 Å². The molecule has 6 heteroatoms. The highest BCUT2D eigenvalue weighted by atomic mass is 19.3. The van der Waals surface area contributed by atoms with Crippen molar-refractivity contribution in [3.05, 3.63) is 54.1 Å². The Morgan fingerprint density at radius 1 is 1.16 bits per heavy atom. The Labute approximate surface area is 146 Å². The molecule has 0 aromatic heterocycles. The number of nitrogens with zero attached hydrogens (tertiary/aromatic N) is 1. The van der Waals surface area contributed by atoms with E-state index in [2.05, 4.69) is 27.1 Å². The number of alkyl halides is 2. The summed E-state index contributed by atoms with van der Waals surface area (Å²) in [7, 11) is 1.44. The van der Waals surface area contributed by atoms with Crippen LogP contribution in [0.25, 0.3) is 0 Å². The Balaban J connectivity index is 1.72. The summed E-state index contributed by atoms with van der Waals surface area (Å²) in [4.78, 5) is 2.18. The molecular formula is C19H22F2N2O2. The summed E-state index contributed by atoms with van der Waals surface area (Å²) in [6.45, 7) is -0.423. The molecule has 1 unspecified atom stereocenters. The lowest BCUT2D eigenvalue weighted by Crippen LogP contribution is -2.51. The minimum atomic E-state index is -2.88. The van der Waals surface area contributed by atoms with E-state index in [1.165, 1.54) is 12.7 Å². The zero-order valence-corrected chi connectivity index (χ0v) is 14.1. The monoisotopic (exact) mass is 348 g/mol. The minimum absolute atomic E-state index is 0.0631. The highest BCUT2D eigenvalue weighted by Gasteiger charge is 2.21. The maximum Gasteiger partial charge on any atom is 0.387 e. The van der Waals surface area contributed by atoms with Gasteiger partial charge >= 0.3 is 6.61 Å². The van der Waals surface area contributed by atoms with E-state index in [9.17, 15) is 8.78 Å². The van der Waals surface area contributed by atoms with E-state index in [-0.39, 0.29) is 5.75 Å². The van der Waals surface area contributed by atoms with Crippen molar-refractivity contribution in [1.82, 2.24) is 5.32 Å². The molecule has 0 radical (unpaired) electrons. The molecule has 0 saturated carbocycles. The van der Waals surface area contributed by atoms with E-state index in [4.69, 9.17) is 4.74 Å². The molecule has 1 heterocycles. The Bertz CT molecular complexity index is 682. The molecule has 1 fully saturated rings. The standard InChI is InChI=1S/C19H22F2N2O2/c1-24-17-8-7-16(12-18(17)25-19(20)21)23-10-9-22-15(13-23)11-14-5-3-2-4-6-14/h2-8,12,15,19,22H,9-11,13H2,1H3. The van der Waals surface area contributed by atoms with Crippen LogP contribution in [0.5, 0.6) is 11.5 Å². The van der Waals surface area contributed by atoms with Crippen LogP contribution in [0, 0.1) is 0 Å². The van der Waals surface area contributed by atoms with Crippen molar-refractivity contribution in [2.45, 2.75) is 19.1 Å². The number of hydrogen-bond donors (Lipinski definition) is 1. The van der Waals surface area contributed by atoms with Crippen molar-refractivity contribution in [2.24, 2.45) is 0 Å². The van der Waals surface area contributed by atoms with E-state index in [1.807, 2.05) is 24.3 Å². The molecular weight excluding hydrogens is 326 g/mol. The van der Waals surface area contributed by atoms with Gasteiger partial charge in [0.15, 0.2) is 11.5 Å². The van der Waals surface area contributed by atoms with Crippen molar-refractivity contribution < 1.29 is 18.3 Å². The number of anilines is 1. The average Bonchev–Trinajstić information content (AvgIpc) is 2.62. The molecule has 25 heavy (non-hydrogen) atoms. The summed E-state index contributed by atoms with van der Waals surface area (Å²) in [6.07, 6.45) is 0.924. The van der Waals surface area contributed by atoms with Gasteiger partial charge in [-0.2, -0.15) is 8.78 Å². The number of halogens is 2. The van der Waals surface area contributed by atoms with Gasteiger partial charge in [-0.3, -0.25) is 0 Å². The highest BCUT2D eigenvalue weighted by Crippen LogP contribution is 2.33. The summed E-state index contributed by atoms with van der Waals surface area (Å²) < 4.78 is 34.9. The molecule has 2 aromatic rings. The predicted molar refractivity (Wildman–Crippen MR) is 93.8 cm³/mol. The van der Waals surface area contributed by atoms with E-state index in [0.29, 0.717) is 11.8 Å². The molecule has 1 atom stereocenters. The average molecular weight is 348 g/mol. The van der Waals surface area contributed by atoms with Gasteiger partial charge in [0, 0.05) is 37.4 Å². The van der Waals surface area contributed by atoms with Gasteiger partial charge in [0.1, 0.15) is 0 Å². The predicted octanol–water partition coefficient (Wildman–Crippen LogP) is 3.32. The topological polar surface area (TPSA) is 33.7 Å². The van der Waals surface area contributed by atoms with Crippen LogP contribution in [0.3, 0.4) is 0 Å². The second kappa shape index (κ2) is 8.16. The van der Waals surface area contributed by atoms with Gasteiger partial charge in [-0.05, 0) is 24.1 Å². The van der Waals surface area contributed by atoms with E-state index >= 15 is 0 Å². The van der Waals surface area contributed by atoms with Crippen LogP contribution >= 0.6 is 0 Å². The molecule has 0 aliphatic carbocycles. The van der Waals surface area contributed by atoms with Crippen LogP contribution in [0.2, 0.25) is 0 Å². The molecule has 2 aromatic carbocycles. The normalized spacial score (nSPS) is 17.6. The summed E-state index contributed by atoms with van der Waals surface area (Å²) in [5.74, 6) is 0.369. The number of nitrogens with one attached hydrogen (secondary N) is 1. The number of rotatable bonds is 6. The maximum atomic E-state index is 12.6. The van der Waals surface area contributed by atoms with E-state index in [1.54, 1.807) is 12.1 Å². The first kappa shape index (κ1) is 17.5. The van der Waals surface area contributed by atoms with Gasteiger partial charge in [-0.1, -0.05) is 30.3 Å². The first-order valence-electron chi connectivity index (χ1n) is 8.31. The fourth-order valence-corrected chi connectivity index (χ4v) is 3.15. The molecule has 0 bridgehead atoms. The van der Waals surface area contributed by atoms with Gasteiger partial charge in [0.05, 0.1) is 7.11 Å². The van der Waals surface area contributed by atoms with Crippen LogP contribution in [0.15, 0.2) is 48.5 Å². The number of ether oxygens (including phenoxy) is 2. The van der Waals surface area contributed by atoms with E-state index in [0.717, 1.165) is 31.7 Å². The number of methoxy groups -OCH3 is 1. The summed E-state index contributed by atoms with van der Waals surface area (Å²) in [5, 5.41) is 3.52. The second-order valence-electron chi connectivity index (χ2n) is 6.00. The fraction of sp³-hybridized carbons (Fsp3) is 0.368. The zero-order valence-electron chi connectivity index (χ0n) is 14.1. The molecule has 1 saturated heterocycles. The second-order valence-corrected chi connectivity index (χ2v) is 6.00. The highest BCUT2D eigenvalue weighted by molar-refractivity contribution is 5.57. The van der Waals surface area contributed by atoms with Crippen LogP contribution in [-0.2, 0) is 6.42 Å². The van der Waals surface area contributed by atoms with Gasteiger partial charge in [-0.25, -0.2) is 0 Å². The Hall–Kier alpha value is -2.34. The smallest absolute Gasteiger partial charge is 0.387 e. The molecule has 134 valence electrons. The molecule has 0 spiro atoms. The third-order valence-corrected chi connectivity index (χ3v) is 4.31. The molecule has 1 aliphatic rings. The molecule has 3 rings (SSSR count). The SMILES string of the molecule is COc1ccc(N2CCNC(Cc3ccccc3)C2)cc1OC(F)F. The third-order valence-electron chi connectivity index (χ3n) is 4.31. The number of hydrogen-bond acceptors (Lipinski definition) is 4. The van der Waals surface area contributed by atoms with Gasteiger partial charge in [-0.15, -0.1) is 0 Å². The molecule has 0 amide bonds. The van der Waals surface area contributed by atoms with Gasteiger partial charge in [0.25, 0.3) is 0 Å². The molecule has 1 aliphatic heterocycles. The van der Waals surface area contributed by atoms with Crippen molar-refractivity contribution in [3.8, 4) is 11.5 Å². The largest absolute Gasteiger partial charge is 0.493 e. The van der Waals surface area contributed by atoms with Gasteiger partial charge < -0.3 is 19.7 Å². The number of benzene rings is 2. The first-order chi connectivity index (χ1) is 12.2. The molecule has 1 N–H and O–H groups in total. The zero-order chi connectivity index (χ0) is 17.6. The lowest BCUT2D eigenvalue weighted by atomic mass is 10.0. The van der Waals surface area contributed by atoms with Crippen molar-refractivity contribution in [2.75, 3.05) is 31.6 Å².